The molecule has 3 rings (SSSR count). The van der Waals surface area contributed by atoms with Crippen LogP contribution in [0, 0.1) is 0 Å². The van der Waals surface area contributed by atoms with Gasteiger partial charge in [-0.05, 0) is 60.5 Å². The number of carbonyl (C=O) groups is 3. The molecule has 0 unspecified atom stereocenters. The van der Waals surface area contributed by atoms with Gasteiger partial charge in [-0.15, -0.1) is 0 Å². The molecule has 7 nitrogen and oxygen atoms in total. The van der Waals surface area contributed by atoms with Crippen LogP contribution in [0.15, 0.2) is 85.5 Å². The molecule has 0 radical (unpaired) electrons. The normalized spacial score (nSPS) is 11.2. The van der Waals surface area contributed by atoms with Gasteiger partial charge in [0.05, 0.1) is 11.1 Å². The third-order valence-corrected chi connectivity index (χ3v) is 4.61. The minimum absolute atomic E-state index is 0.141. The number of carboxylic acid groups (broad SMARTS) is 1. The van der Waals surface area contributed by atoms with Crippen molar-refractivity contribution in [3.63, 3.8) is 0 Å². The average molecular weight is 446 g/mol. The van der Waals surface area contributed by atoms with E-state index in [1.165, 1.54) is 31.2 Å². The Balaban J connectivity index is 1.73. The molecule has 0 aromatic heterocycles. The van der Waals surface area contributed by atoms with Gasteiger partial charge in [-0.3, -0.25) is 0 Å². The van der Waals surface area contributed by atoms with Crippen molar-refractivity contribution >= 4 is 17.9 Å². The van der Waals surface area contributed by atoms with E-state index in [1.807, 2.05) is 36.4 Å². The second kappa shape index (κ2) is 10.8. The number of rotatable bonds is 9. The molecule has 0 saturated heterocycles. The maximum atomic E-state index is 12.8. The second-order valence-corrected chi connectivity index (χ2v) is 6.97. The van der Waals surface area contributed by atoms with Crippen LogP contribution in [0.4, 0.5) is 0 Å². The monoisotopic (exact) mass is 446 g/mol. The lowest BCUT2D eigenvalue weighted by molar-refractivity contribution is -0.146. The largest absolute Gasteiger partial charge is 0.490 e. The van der Waals surface area contributed by atoms with Crippen molar-refractivity contribution in [1.82, 2.24) is 0 Å². The number of carboxylic acids is 1. The molecule has 1 N–H and O–H groups in total. The summed E-state index contributed by atoms with van der Waals surface area (Å²) in [6.07, 6.45) is 0.389. The number of carbonyl (C=O) groups excluding carboxylic acids is 2. The van der Waals surface area contributed by atoms with E-state index in [0.717, 1.165) is 5.56 Å². The minimum Gasteiger partial charge on any atom is -0.490 e. The summed E-state index contributed by atoms with van der Waals surface area (Å²) in [5.41, 5.74) is 2.03. The van der Waals surface area contributed by atoms with Crippen molar-refractivity contribution in [1.29, 1.82) is 0 Å². The Morgan fingerprint density at radius 1 is 0.909 bits per heavy atom. The number of hydrogen-bond acceptors (Lipinski definition) is 6. The Morgan fingerprint density at radius 2 is 1.55 bits per heavy atom. The van der Waals surface area contributed by atoms with Crippen LogP contribution in [-0.4, -0.2) is 35.7 Å². The maximum absolute atomic E-state index is 12.8. The lowest BCUT2D eigenvalue weighted by Gasteiger charge is -2.11. The fraction of sp³-hybridized carbons (Fsp3) is 0.115. The molecule has 7 heteroatoms. The first kappa shape index (κ1) is 23.3. The quantitative estimate of drug-likeness (QED) is 0.287. The topological polar surface area (TPSA) is 99.1 Å². The highest BCUT2D eigenvalue weighted by Gasteiger charge is 2.19. The molecule has 3 aromatic rings. The zero-order valence-electron chi connectivity index (χ0n) is 17.9. The molecule has 0 bridgehead atoms. The first-order chi connectivity index (χ1) is 15.9. The summed E-state index contributed by atoms with van der Waals surface area (Å²) >= 11 is 0. The average Bonchev–Trinajstić information content (AvgIpc) is 2.83. The van der Waals surface area contributed by atoms with Gasteiger partial charge in [0.25, 0.3) is 0 Å². The van der Waals surface area contributed by atoms with Gasteiger partial charge in [0.15, 0.2) is 6.10 Å². The Morgan fingerprint density at radius 3 is 2.18 bits per heavy atom. The second-order valence-electron chi connectivity index (χ2n) is 6.97. The van der Waals surface area contributed by atoms with Crippen molar-refractivity contribution in [2.24, 2.45) is 0 Å². The highest BCUT2D eigenvalue weighted by Crippen LogP contribution is 2.27. The zero-order chi connectivity index (χ0) is 23.8. The van der Waals surface area contributed by atoms with Crippen LogP contribution in [0.2, 0.25) is 0 Å². The molecular formula is C26H22O7. The molecule has 0 aliphatic rings. The van der Waals surface area contributed by atoms with E-state index in [-0.39, 0.29) is 11.3 Å². The predicted octanol–water partition coefficient (Wildman–Crippen LogP) is 4.77. The fourth-order valence-corrected chi connectivity index (χ4v) is 2.90. The van der Waals surface area contributed by atoms with E-state index >= 15 is 0 Å². The summed E-state index contributed by atoms with van der Waals surface area (Å²) in [7, 11) is 0. The Labute approximate surface area is 190 Å². The molecule has 0 fully saturated rings. The van der Waals surface area contributed by atoms with E-state index in [0.29, 0.717) is 23.5 Å². The zero-order valence-corrected chi connectivity index (χ0v) is 17.9. The molecular weight excluding hydrogens is 424 g/mol. The summed E-state index contributed by atoms with van der Waals surface area (Å²) in [4.78, 5) is 35.7. The number of esters is 2. The third-order valence-electron chi connectivity index (χ3n) is 4.61. The van der Waals surface area contributed by atoms with Gasteiger partial charge in [-0.2, -0.15) is 0 Å². The number of benzene rings is 3. The van der Waals surface area contributed by atoms with Gasteiger partial charge in [0.1, 0.15) is 18.1 Å². The van der Waals surface area contributed by atoms with Crippen LogP contribution in [0.5, 0.6) is 11.5 Å². The SMILES string of the molecule is C=CCOc1ccc(-c2ccccc2C(=O)Oc2ccc(C(=O)O[C@@H](C)C(=O)O)cc2)cc1. The third kappa shape index (κ3) is 6.07. The van der Waals surface area contributed by atoms with Gasteiger partial charge < -0.3 is 19.3 Å². The Hall–Kier alpha value is -4.39. The number of ether oxygens (including phenoxy) is 3. The lowest BCUT2D eigenvalue weighted by Crippen LogP contribution is -2.23. The summed E-state index contributed by atoms with van der Waals surface area (Å²) < 4.78 is 15.8. The molecule has 0 spiro atoms. The number of hydrogen-bond donors (Lipinski definition) is 1. The van der Waals surface area contributed by atoms with Crippen molar-refractivity contribution in [3.05, 3.63) is 96.6 Å². The van der Waals surface area contributed by atoms with Crippen LogP contribution in [-0.2, 0) is 9.53 Å². The molecule has 0 aliphatic carbocycles. The van der Waals surface area contributed by atoms with Crippen LogP contribution in [0.3, 0.4) is 0 Å². The van der Waals surface area contributed by atoms with E-state index < -0.39 is 24.0 Å². The maximum Gasteiger partial charge on any atom is 0.344 e. The minimum atomic E-state index is -1.27. The molecule has 3 aromatic carbocycles. The smallest absolute Gasteiger partial charge is 0.344 e. The van der Waals surface area contributed by atoms with Crippen molar-refractivity contribution < 1.29 is 33.7 Å². The van der Waals surface area contributed by atoms with Gasteiger partial charge in [0.2, 0.25) is 0 Å². The molecule has 168 valence electrons. The van der Waals surface area contributed by atoms with Crippen LogP contribution in [0.1, 0.15) is 27.6 Å². The van der Waals surface area contributed by atoms with Gasteiger partial charge in [-0.1, -0.05) is 43.0 Å². The lowest BCUT2D eigenvalue weighted by atomic mass is 10.00. The molecule has 0 heterocycles. The van der Waals surface area contributed by atoms with Crippen LogP contribution < -0.4 is 9.47 Å². The van der Waals surface area contributed by atoms with Crippen LogP contribution in [0.25, 0.3) is 11.1 Å². The molecule has 0 saturated carbocycles. The first-order valence-electron chi connectivity index (χ1n) is 10.1. The van der Waals surface area contributed by atoms with Gasteiger partial charge in [-0.25, -0.2) is 14.4 Å². The van der Waals surface area contributed by atoms with Crippen LogP contribution >= 0.6 is 0 Å². The molecule has 33 heavy (non-hydrogen) atoms. The van der Waals surface area contributed by atoms with Gasteiger partial charge >= 0.3 is 17.9 Å². The standard InChI is InChI=1S/C26H22O7/c1-3-16-31-20-12-8-18(9-13-20)22-6-4-5-7-23(22)26(30)33-21-14-10-19(11-15-21)25(29)32-17(2)24(27)28/h3-15,17H,1,16H2,2H3,(H,27,28)/t17-/m0/s1. The Bertz CT molecular complexity index is 1150. The summed E-state index contributed by atoms with van der Waals surface area (Å²) in [6.45, 7) is 5.28. The Kier molecular flexibility index (Phi) is 7.60. The van der Waals surface area contributed by atoms with Crippen molar-refractivity contribution in [2.45, 2.75) is 13.0 Å². The molecule has 0 aliphatic heterocycles. The number of aliphatic carboxylic acids is 1. The van der Waals surface area contributed by atoms with Gasteiger partial charge in [0, 0.05) is 0 Å². The highest BCUT2D eigenvalue weighted by atomic mass is 16.6. The summed E-state index contributed by atoms with van der Waals surface area (Å²) in [5.74, 6) is -1.67. The molecule has 1 atom stereocenters. The van der Waals surface area contributed by atoms with E-state index in [1.54, 1.807) is 18.2 Å². The van der Waals surface area contributed by atoms with Crippen molar-refractivity contribution in [2.75, 3.05) is 6.61 Å². The van der Waals surface area contributed by atoms with Crippen molar-refractivity contribution in [3.8, 4) is 22.6 Å². The van der Waals surface area contributed by atoms with E-state index in [2.05, 4.69) is 6.58 Å². The summed E-state index contributed by atoms with van der Waals surface area (Å²) in [6, 6.07) is 20.0. The highest BCUT2D eigenvalue weighted by molar-refractivity contribution is 5.98. The van der Waals surface area contributed by atoms with E-state index in [4.69, 9.17) is 19.3 Å². The summed E-state index contributed by atoms with van der Waals surface area (Å²) in [5, 5.41) is 8.84. The predicted molar refractivity (Wildman–Crippen MR) is 121 cm³/mol. The first-order valence-corrected chi connectivity index (χ1v) is 10.1. The van der Waals surface area contributed by atoms with E-state index in [9.17, 15) is 14.4 Å². The fourth-order valence-electron chi connectivity index (χ4n) is 2.90. The molecule has 0 amide bonds.